The monoisotopic (exact) mass is 477 g/mol. The molecule has 0 heterocycles. The summed E-state index contributed by atoms with van der Waals surface area (Å²) in [5, 5.41) is 16.1. The van der Waals surface area contributed by atoms with Gasteiger partial charge < -0.3 is 19.9 Å². The van der Waals surface area contributed by atoms with Crippen molar-refractivity contribution in [2.45, 2.75) is 33.3 Å². The van der Waals surface area contributed by atoms with Crippen molar-refractivity contribution >= 4 is 40.6 Å². The van der Waals surface area contributed by atoms with E-state index in [1.54, 1.807) is 19.1 Å². The molecule has 0 aromatic heterocycles. The van der Waals surface area contributed by atoms with Crippen LogP contribution in [0.15, 0.2) is 17.2 Å². The molecule has 2 amide bonds. The number of rotatable bonds is 9. The fourth-order valence-corrected chi connectivity index (χ4v) is 2.45. The van der Waals surface area contributed by atoms with Crippen molar-refractivity contribution in [3.8, 4) is 11.5 Å². The van der Waals surface area contributed by atoms with Crippen molar-refractivity contribution in [1.29, 1.82) is 0 Å². The molecule has 0 aliphatic carbocycles. The molecule has 0 aliphatic heterocycles. The molecule has 3 N–H and O–H groups in total. The van der Waals surface area contributed by atoms with Crippen LogP contribution in [-0.2, 0) is 14.3 Å². The van der Waals surface area contributed by atoms with E-state index in [-0.39, 0.29) is 11.9 Å². The lowest BCUT2D eigenvalue weighted by molar-refractivity contribution is -0.139. The lowest BCUT2D eigenvalue weighted by Gasteiger charge is -2.08. The van der Waals surface area contributed by atoms with Crippen LogP contribution in [0.1, 0.15) is 32.8 Å². The van der Waals surface area contributed by atoms with Gasteiger partial charge in [0.15, 0.2) is 11.5 Å². The summed E-state index contributed by atoms with van der Waals surface area (Å²) in [5.41, 5.74) is 2.77. The Labute approximate surface area is 166 Å². The van der Waals surface area contributed by atoms with Gasteiger partial charge in [0.1, 0.15) is 0 Å². The number of hydrogen-bond acceptors (Lipinski definition) is 6. The van der Waals surface area contributed by atoms with Crippen LogP contribution in [0.4, 0.5) is 0 Å². The first-order chi connectivity index (χ1) is 12.3. The van der Waals surface area contributed by atoms with Crippen molar-refractivity contribution < 1.29 is 24.2 Å². The van der Waals surface area contributed by atoms with Crippen molar-refractivity contribution in [3.05, 3.63) is 21.3 Å². The summed E-state index contributed by atoms with van der Waals surface area (Å²) in [4.78, 5) is 23.3. The number of aromatic hydroxyl groups is 1. The topological polar surface area (TPSA) is 109 Å². The molecule has 1 aromatic carbocycles. The maximum Gasteiger partial charge on any atom is 0.329 e. The number of carbonyl (C=O) groups excluding carboxylic acids is 2. The number of hydrogen-bond donors (Lipinski definition) is 3. The van der Waals surface area contributed by atoms with E-state index in [4.69, 9.17) is 9.47 Å². The number of ether oxygens (including phenoxy) is 2. The second-order valence-electron chi connectivity index (χ2n) is 5.51. The summed E-state index contributed by atoms with van der Waals surface area (Å²) < 4.78 is 11.2. The summed E-state index contributed by atoms with van der Waals surface area (Å²) in [6.07, 6.45) is 2.12. The van der Waals surface area contributed by atoms with Crippen LogP contribution in [0.25, 0.3) is 0 Å². The Morgan fingerprint density at radius 2 is 2.08 bits per heavy atom. The van der Waals surface area contributed by atoms with Crippen LogP contribution in [0, 0.1) is 3.57 Å². The van der Waals surface area contributed by atoms with Gasteiger partial charge in [0.05, 0.1) is 22.5 Å². The van der Waals surface area contributed by atoms with Crippen LogP contribution in [0.2, 0.25) is 0 Å². The number of phenolic OH excluding ortho intramolecular Hbond substituents is 1. The smallest absolute Gasteiger partial charge is 0.329 e. The molecule has 0 saturated heterocycles. The minimum atomic E-state index is -0.857. The molecule has 26 heavy (non-hydrogen) atoms. The summed E-state index contributed by atoms with van der Waals surface area (Å²) in [6, 6.07) is 3.26. The van der Waals surface area contributed by atoms with Crippen LogP contribution < -0.4 is 15.5 Å². The number of nitrogens with one attached hydrogen (secondary N) is 2. The average Bonchev–Trinajstić information content (AvgIpc) is 2.58. The normalized spacial score (nSPS) is 11.0. The Balaban J connectivity index is 2.47. The summed E-state index contributed by atoms with van der Waals surface area (Å²) in [5.74, 6) is -1.24. The number of benzene rings is 1. The molecule has 1 aromatic rings. The third-order valence-electron chi connectivity index (χ3n) is 2.99. The van der Waals surface area contributed by atoms with E-state index in [2.05, 4.69) is 15.8 Å². The van der Waals surface area contributed by atoms with Crippen LogP contribution in [0.5, 0.6) is 11.5 Å². The number of hydrazone groups is 1. The standard InChI is InChI=1S/C17H24IN3O5/c1-4-25-14-9-12(8-13(18)15(14)22)10-20-21-17(24)16(23)19-6-5-7-26-11(2)3/h8-11,22H,4-7H2,1-3H3,(H,19,23)(H,21,24). The number of halogens is 1. The van der Waals surface area contributed by atoms with Crippen molar-refractivity contribution in [1.82, 2.24) is 10.7 Å². The van der Waals surface area contributed by atoms with Gasteiger partial charge >= 0.3 is 11.8 Å². The van der Waals surface area contributed by atoms with E-state index in [1.165, 1.54) is 6.21 Å². The number of amides is 2. The SMILES string of the molecule is CCOc1cc(C=NNC(=O)C(=O)NCCCOC(C)C)cc(I)c1O. The quantitative estimate of drug-likeness (QED) is 0.165. The van der Waals surface area contributed by atoms with Gasteiger partial charge in [-0.15, -0.1) is 0 Å². The minimum Gasteiger partial charge on any atom is -0.504 e. The maximum atomic E-state index is 11.7. The molecule has 0 fully saturated rings. The Bertz CT molecular complexity index is 650. The fraction of sp³-hybridized carbons (Fsp3) is 0.471. The molecule has 9 heteroatoms. The van der Waals surface area contributed by atoms with Crippen LogP contribution in [-0.4, -0.2) is 49.0 Å². The molecular weight excluding hydrogens is 453 g/mol. The molecule has 144 valence electrons. The lowest BCUT2D eigenvalue weighted by Crippen LogP contribution is -2.38. The summed E-state index contributed by atoms with van der Waals surface area (Å²) >= 11 is 1.96. The highest BCUT2D eigenvalue weighted by Gasteiger charge is 2.12. The van der Waals surface area contributed by atoms with E-state index >= 15 is 0 Å². The first-order valence-electron chi connectivity index (χ1n) is 8.23. The second-order valence-corrected chi connectivity index (χ2v) is 6.67. The zero-order valence-corrected chi connectivity index (χ0v) is 17.2. The third kappa shape index (κ3) is 8.00. The molecule has 0 bridgehead atoms. The Hall–Kier alpha value is -1.88. The Morgan fingerprint density at radius 3 is 2.73 bits per heavy atom. The van der Waals surface area contributed by atoms with E-state index in [0.29, 0.717) is 41.1 Å². The first kappa shape index (κ1) is 22.2. The molecule has 1 rings (SSSR count). The van der Waals surface area contributed by atoms with E-state index in [1.807, 2.05) is 36.4 Å². The zero-order valence-electron chi connectivity index (χ0n) is 15.0. The third-order valence-corrected chi connectivity index (χ3v) is 3.82. The molecule has 0 atom stereocenters. The molecular formula is C17H24IN3O5. The predicted octanol–water partition coefficient (Wildman–Crippen LogP) is 1.78. The van der Waals surface area contributed by atoms with E-state index < -0.39 is 11.8 Å². The van der Waals surface area contributed by atoms with Gasteiger partial charge in [-0.2, -0.15) is 5.10 Å². The Kier molecular flexibility index (Phi) is 9.96. The molecule has 8 nitrogen and oxygen atoms in total. The summed E-state index contributed by atoms with van der Waals surface area (Å²) in [7, 11) is 0. The highest BCUT2D eigenvalue weighted by atomic mass is 127. The second kappa shape index (κ2) is 11.7. The van der Waals surface area contributed by atoms with Crippen LogP contribution in [0.3, 0.4) is 0 Å². The predicted molar refractivity (Wildman–Crippen MR) is 106 cm³/mol. The summed E-state index contributed by atoms with van der Waals surface area (Å²) in [6.45, 7) is 6.92. The van der Waals surface area contributed by atoms with Crippen molar-refractivity contribution in [2.75, 3.05) is 19.8 Å². The van der Waals surface area contributed by atoms with Gasteiger partial charge in [-0.1, -0.05) is 0 Å². The number of nitrogens with zero attached hydrogens (tertiary/aromatic N) is 1. The zero-order chi connectivity index (χ0) is 19.5. The Morgan fingerprint density at radius 1 is 1.35 bits per heavy atom. The minimum absolute atomic E-state index is 0.0504. The van der Waals surface area contributed by atoms with Crippen molar-refractivity contribution in [3.63, 3.8) is 0 Å². The molecule has 0 spiro atoms. The highest BCUT2D eigenvalue weighted by molar-refractivity contribution is 14.1. The lowest BCUT2D eigenvalue weighted by atomic mass is 10.2. The van der Waals surface area contributed by atoms with Gasteiger partial charge in [0.25, 0.3) is 0 Å². The van der Waals surface area contributed by atoms with Crippen LogP contribution >= 0.6 is 22.6 Å². The first-order valence-corrected chi connectivity index (χ1v) is 9.31. The average molecular weight is 477 g/mol. The van der Waals surface area contributed by atoms with Gasteiger partial charge in [-0.25, -0.2) is 5.43 Å². The van der Waals surface area contributed by atoms with Crippen molar-refractivity contribution in [2.24, 2.45) is 5.10 Å². The largest absolute Gasteiger partial charge is 0.504 e. The van der Waals surface area contributed by atoms with Gasteiger partial charge in [-0.05, 0) is 67.5 Å². The molecule has 0 saturated carbocycles. The molecule has 0 unspecified atom stereocenters. The highest BCUT2D eigenvalue weighted by Crippen LogP contribution is 2.32. The maximum absolute atomic E-state index is 11.7. The number of phenols is 1. The van der Waals surface area contributed by atoms with E-state index in [9.17, 15) is 14.7 Å². The fourth-order valence-electron chi connectivity index (χ4n) is 1.82. The molecule has 0 aliphatic rings. The van der Waals surface area contributed by atoms with Gasteiger partial charge in [0, 0.05) is 13.2 Å². The molecule has 0 radical (unpaired) electrons. The number of carbonyl (C=O) groups is 2. The van der Waals surface area contributed by atoms with E-state index in [0.717, 1.165) is 0 Å². The van der Waals surface area contributed by atoms with Gasteiger partial charge in [0.2, 0.25) is 0 Å². The van der Waals surface area contributed by atoms with Gasteiger partial charge in [-0.3, -0.25) is 9.59 Å².